The molecule has 0 aromatic heterocycles. The summed E-state index contributed by atoms with van der Waals surface area (Å²) < 4.78 is 15.3. The number of rotatable bonds is 6. The number of benzene rings is 2. The lowest BCUT2D eigenvalue weighted by Gasteiger charge is -2.36. The van der Waals surface area contributed by atoms with Crippen LogP contribution in [0.3, 0.4) is 0 Å². The molecule has 0 bridgehead atoms. The summed E-state index contributed by atoms with van der Waals surface area (Å²) in [6.07, 6.45) is 3.78. The summed E-state index contributed by atoms with van der Waals surface area (Å²) in [6.45, 7) is 13.7. The zero-order valence-corrected chi connectivity index (χ0v) is 32.4. The Kier molecular flexibility index (Phi) is 16.2. The summed E-state index contributed by atoms with van der Waals surface area (Å²) in [7, 11) is 1.37. The molecule has 3 aliphatic heterocycles. The molecule has 0 atom stereocenters. The van der Waals surface area contributed by atoms with Crippen molar-refractivity contribution in [2.75, 3.05) is 51.3 Å². The van der Waals surface area contributed by atoms with Crippen LogP contribution in [0.5, 0.6) is 0 Å². The van der Waals surface area contributed by atoms with Gasteiger partial charge < -0.3 is 34.2 Å². The van der Waals surface area contributed by atoms with Crippen LogP contribution in [0, 0.1) is 0 Å². The number of hydrogen-bond acceptors (Lipinski definition) is 11. The molecule has 0 spiro atoms. The van der Waals surface area contributed by atoms with Crippen LogP contribution < -0.4 is 10.2 Å². The van der Waals surface area contributed by atoms with Gasteiger partial charge in [0.1, 0.15) is 17.7 Å². The number of piperidine rings is 2. The SMILES string of the molecule is CC(C)(C)OC(=O)N1CCC(N2CC(=O)N(c3ccccc3)C2=O)CC1.COC(=O)CNC1CCN(C(=O)OC(C)(C)C)CC1.O=C=Nc1ccccc1. The van der Waals surface area contributed by atoms with Crippen LogP contribution in [0.25, 0.3) is 0 Å². The van der Waals surface area contributed by atoms with Gasteiger partial charge in [-0.05, 0) is 91.5 Å². The van der Waals surface area contributed by atoms with E-state index in [1.54, 1.807) is 51.1 Å². The number of nitrogens with zero attached hydrogens (tertiary/aromatic N) is 5. The van der Waals surface area contributed by atoms with Crippen LogP contribution in [0.2, 0.25) is 0 Å². The number of hydrogen-bond donors (Lipinski definition) is 1. The number of ether oxygens (including phenoxy) is 3. The molecular formula is C39H54N6O9. The molecule has 5 rings (SSSR count). The molecule has 1 N–H and O–H groups in total. The summed E-state index contributed by atoms with van der Waals surface area (Å²) in [5.74, 6) is -0.481. The minimum Gasteiger partial charge on any atom is -0.468 e. The van der Waals surface area contributed by atoms with E-state index in [1.165, 1.54) is 18.1 Å². The molecule has 54 heavy (non-hydrogen) atoms. The number of anilines is 1. The third kappa shape index (κ3) is 14.3. The van der Waals surface area contributed by atoms with Gasteiger partial charge in [-0.15, -0.1) is 0 Å². The van der Waals surface area contributed by atoms with Gasteiger partial charge in [-0.3, -0.25) is 9.59 Å². The highest BCUT2D eigenvalue weighted by molar-refractivity contribution is 6.19. The predicted molar refractivity (Wildman–Crippen MR) is 202 cm³/mol. The van der Waals surface area contributed by atoms with Crippen molar-refractivity contribution in [3.05, 3.63) is 60.7 Å². The minimum atomic E-state index is -0.526. The number of urea groups is 1. The lowest BCUT2D eigenvalue weighted by molar-refractivity contribution is -0.139. The predicted octanol–water partition coefficient (Wildman–Crippen LogP) is 5.66. The van der Waals surface area contributed by atoms with E-state index < -0.39 is 11.2 Å². The Morgan fingerprint density at radius 1 is 0.778 bits per heavy atom. The average molecular weight is 751 g/mol. The van der Waals surface area contributed by atoms with Gasteiger partial charge in [-0.2, -0.15) is 4.99 Å². The Bertz CT molecular complexity index is 1590. The number of carbonyl (C=O) groups excluding carboxylic acids is 6. The highest BCUT2D eigenvalue weighted by Gasteiger charge is 2.42. The van der Waals surface area contributed by atoms with Gasteiger partial charge >= 0.3 is 24.2 Å². The normalized spacial score (nSPS) is 16.6. The van der Waals surface area contributed by atoms with Crippen molar-refractivity contribution in [1.82, 2.24) is 20.0 Å². The summed E-state index contributed by atoms with van der Waals surface area (Å²) in [5.41, 5.74) is 0.252. The van der Waals surface area contributed by atoms with Gasteiger partial charge in [0, 0.05) is 38.3 Å². The third-order valence-corrected chi connectivity index (χ3v) is 8.40. The Hall–Kier alpha value is -5.27. The highest BCUT2D eigenvalue weighted by atomic mass is 16.6. The van der Waals surface area contributed by atoms with Crippen molar-refractivity contribution >= 4 is 47.5 Å². The van der Waals surface area contributed by atoms with Crippen molar-refractivity contribution < 1.29 is 43.0 Å². The monoisotopic (exact) mass is 750 g/mol. The molecule has 15 heteroatoms. The number of likely N-dealkylation sites (tertiary alicyclic amines) is 2. The molecule has 0 saturated carbocycles. The van der Waals surface area contributed by atoms with Crippen LogP contribution in [0.15, 0.2) is 65.7 Å². The first kappa shape index (κ1) is 43.1. The maximum atomic E-state index is 12.7. The summed E-state index contributed by atoms with van der Waals surface area (Å²) in [6, 6.07) is 17.9. The van der Waals surface area contributed by atoms with Gasteiger partial charge in [-0.25, -0.2) is 24.1 Å². The van der Waals surface area contributed by atoms with Crippen molar-refractivity contribution in [2.24, 2.45) is 4.99 Å². The van der Waals surface area contributed by atoms with E-state index in [0.29, 0.717) is 50.4 Å². The largest absolute Gasteiger partial charge is 0.468 e. The third-order valence-electron chi connectivity index (χ3n) is 8.40. The summed E-state index contributed by atoms with van der Waals surface area (Å²) in [5, 5.41) is 3.13. The summed E-state index contributed by atoms with van der Waals surface area (Å²) >= 11 is 0. The fourth-order valence-corrected chi connectivity index (χ4v) is 5.77. The first-order valence-electron chi connectivity index (χ1n) is 18.1. The van der Waals surface area contributed by atoms with Crippen LogP contribution >= 0.6 is 0 Å². The number of nitrogens with one attached hydrogen (secondary N) is 1. The van der Waals surface area contributed by atoms with Crippen molar-refractivity contribution in [1.29, 1.82) is 0 Å². The van der Waals surface area contributed by atoms with Crippen molar-refractivity contribution in [2.45, 2.75) is 90.5 Å². The second-order valence-electron chi connectivity index (χ2n) is 14.9. The van der Waals surface area contributed by atoms with Crippen molar-refractivity contribution in [3.63, 3.8) is 0 Å². The molecule has 15 nitrogen and oxygen atoms in total. The number of para-hydroxylation sites is 2. The maximum Gasteiger partial charge on any atom is 0.410 e. The van der Waals surface area contributed by atoms with Gasteiger partial charge in [0.2, 0.25) is 6.08 Å². The first-order valence-corrected chi connectivity index (χ1v) is 18.1. The van der Waals surface area contributed by atoms with Crippen LogP contribution in [0.4, 0.5) is 25.8 Å². The standard InChI is InChI=1S/C19H25N3O4.C13H24N2O4.C7H5NO/c1-19(2,3)26-18(25)20-11-9-14(10-12-20)21-13-16(23)22(17(21)24)15-7-5-4-6-8-15;1-13(2,3)19-12(17)15-7-5-10(6-8-15)14-9-11(16)18-4;9-6-8-7-4-2-1-3-5-7/h4-8,14H,9-13H2,1-3H3;10,14H,5-9H2,1-4H3;1-5H. The van der Waals surface area contributed by atoms with E-state index in [0.717, 1.165) is 12.8 Å². The molecular weight excluding hydrogens is 696 g/mol. The van der Waals surface area contributed by atoms with E-state index >= 15 is 0 Å². The van der Waals surface area contributed by atoms with Crippen LogP contribution in [-0.4, -0.2) is 121 Å². The molecule has 3 fully saturated rings. The molecule has 2 aromatic carbocycles. The Labute approximate surface area is 317 Å². The van der Waals surface area contributed by atoms with E-state index in [1.807, 2.05) is 65.8 Å². The molecule has 0 unspecified atom stereocenters. The molecule has 3 saturated heterocycles. The number of amides is 5. The smallest absolute Gasteiger partial charge is 0.410 e. The first-order chi connectivity index (χ1) is 25.5. The number of aliphatic imine (C=N–C) groups is 1. The molecule has 2 aromatic rings. The number of methoxy groups -OCH3 is 1. The van der Waals surface area contributed by atoms with Crippen LogP contribution in [0.1, 0.15) is 67.2 Å². The van der Waals surface area contributed by atoms with E-state index in [2.05, 4.69) is 15.0 Å². The van der Waals surface area contributed by atoms with Crippen LogP contribution in [-0.2, 0) is 28.6 Å². The molecule has 0 aliphatic carbocycles. The van der Waals surface area contributed by atoms with Gasteiger partial charge in [0.05, 0.1) is 25.0 Å². The topological polar surface area (TPSA) is 167 Å². The van der Waals surface area contributed by atoms with Gasteiger partial charge in [-0.1, -0.05) is 36.4 Å². The molecule has 5 amide bonds. The second kappa shape index (κ2) is 20.3. The van der Waals surface area contributed by atoms with E-state index in [-0.39, 0.29) is 55.3 Å². The number of imide groups is 1. The fourth-order valence-electron chi connectivity index (χ4n) is 5.77. The number of carbonyl (C=O) groups is 5. The van der Waals surface area contributed by atoms with E-state index in [9.17, 15) is 28.8 Å². The Balaban J connectivity index is 0.000000244. The average Bonchev–Trinajstić information content (AvgIpc) is 3.43. The molecule has 294 valence electrons. The number of isocyanates is 1. The minimum absolute atomic E-state index is 0.0427. The lowest BCUT2D eigenvalue weighted by atomic mass is 10.0. The zero-order valence-electron chi connectivity index (χ0n) is 32.4. The lowest BCUT2D eigenvalue weighted by Crippen LogP contribution is -2.49. The quantitative estimate of drug-likeness (QED) is 0.128. The second-order valence-corrected chi connectivity index (χ2v) is 14.9. The Morgan fingerprint density at radius 3 is 1.72 bits per heavy atom. The molecule has 3 heterocycles. The van der Waals surface area contributed by atoms with Crippen molar-refractivity contribution in [3.8, 4) is 0 Å². The number of esters is 1. The van der Waals surface area contributed by atoms with Gasteiger partial charge in [0.15, 0.2) is 0 Å². The molecule has 3 aliphatic rings. The maximum absolute atomic E-state index is 12.7. The Morgan fingerprint density at radius 2 is 1.26 bits per heavy atom. The summed E-state index contributed by atoms with van der Waals surface area (Å²) in [4.78, 5) is 79.4. The fraction of sp³-hybridized carbons (Fsp3) is 0.538. The van der Waals surface area contributed by atoms with E-state index in [4.69, 9.17) is 9.47 Å². The highest BCUT2D eigenvalue weighted by Crippen LogP contribution is 2.27. The van der Waals surface area contributed by atoms with Gasteiger partial charge in [0.25, 0.3) is 5.91 Å². The molecule has 0 radical (unpaired) electrons. The zero-order chi connectivity index (χ0) is 39.9.